The summed E-state index contributed by atoms with van der Waals surface area (Å²) in [5.74, 6) is 1.32. The van der Waals surface area contributed by atoms with Crippen molar-refractivity contribution in [1.82, 2.24) is 4.90 Å². The first kappa shape index (κ1) is 11.6. The number of nitrogens with zero attached hydrogens (tertiary/aromatic N) is 1. The Bertz CT molecular complexity index is 467. The molecular formula is C15H21N3. The van der Waals surface area contributed by atoms with E-state index in [0.29, 0.717) is 23.8 Å². The minimum Gasteiger partial charge on any atom is -0.382 e. The Morgan fingerprint density at radius 1 is 1.28 bits per heavy atom. The Kier molecular flexibility index (Phi) is 2.77. The monoisotopic (exact) mass is 243 g/mol. The lowest BCUT2D eigenvalue weighted by atomic mass is 10.0. The molecule has 3 nitrogen and oxygen atoms in total. The normalized spacial score (nSPS) is 26.6. The lowest BCUT2D eigenvalue weighted by Crippen LogP contribution is -2.44. The molecule has 0 amide bonds. The van der Waals surface area contributed by atoms with Crippen LogP contribution in [0, 0.1) is 11.3 Å². The van der Waals surface area contributed by atoms with Gasteiger partial charge < -0.3 is 10.2 Å². The lowest BCUT2D eigenvalue weighted by Gasteiger charge is -2.33. The van der Waals surface area contributed by atoms with E-state index in [9.17, 15) is 0 Å². The molecule has 2 atom stereocenters. The Morgan fingerprint density at radius 3 is 2.83 bits per heavy atom. The molecule has 2 aliphatic heterocycles. The molecule has 3 rings (SSSR count). The van der Waals surface area contributed by atoms with Gasteiger partial charge in [-0.3, -0.25) is 5.41 Å². The van der Waals surface area contributed by atoms with Gasteiger partial charge in [-0.2, -0.15) is 0 Å². The van der Waals surface area contributed by atoms with Crippen LogP contribution in [0.2, 0.25) is 0 Å². The molecule has 96 valence electrons. The first-order chi connectivity index (χ1) is 8.68. The van der Waals surface area contributed by atoms with Crippen molar-refractivity contribution in [2.75, 3.05) is 11.9 Å². The molecule has 0 radical (unpaired) electrons. The summed E-state index contributed by atoms with van der Waals surface area (Å²) in [6.07, 6.45) is 2.42. The second-order valence-corrected chi connectivity index (χ2v) is 5.72. The van der Waals surface area contributed by atoms with E-state index in [1.54, 1.807) is 0 Å². The zero-order valence-electron chi connectivity index (χ0n) is 11.1. The SMILES string of the molecule is CC(C)[C@H]1CC[C@H]2CNc3ccccc3C(=N)N21. The third-order valence-corrected chi connectivity index (χ3v) is 4.28. The van der Waals surface area contributed by atoms with Crippen LogP contribution in [0.1, 0.15) is 32.3 Å². The van der Waals surface area contributed by atoms with E-state index in [0.717, 1.165) is 17.8 Å². The molecular weight excluding hydrogens is 222 g/mol. The molecule has 0 bridgehead atoms. The van der Waals surface area contributed by atoms with Crippen LogP contribution in [0.5, 0.6) is 0 Å². The van der Waals surface area contributed by atoms with Crippen LogP contribution < -0.4 is 5.32 Å². The molecule has 1 fully saturated rings. The van der Waals surface area contributed by atoms with E-state index >= 15 is 0 Å². The fraction of sp³-hybridized carbons (Fsp3) is 0.533. The first-order valence-electron chi connectivity index (χ1n) is 6.88. The van der Waals surface area contributed by atoms with Crippen molar-refractivity contribution in [2.24, 2.45) is 5.92 Å². The van der Waals surface area contributed by atoms with E-state index in [4.69, 9.17) is 5.41 Å². The molecule has 0 aliphatic carbocycles. The van der Waals surface area contributed by atoms with Gasteiger partial charge in [0.1, 0.15) is 5.84 Å². The van der Waals surface area contributed by atoms with Gasteiger partial charge in [0.25, 0.3) is 0 Å². The molecule has 1 aromatic carbocycles. The van der Waals surface area contributed by atoms with Gasteiger partial charge in [-0.05, 0) is 30.9 Å². The molecule has 18 heavy (non-hydrogen) atoms. The summed E-state index contributed by atoms with van der Waals surface area (Å²) < 4.78 is 0. The van der Waals surface area contributed by atoms with Gasteiger partial charge in [-0.25, -0.2) is 0 Å². The van der Waals surface area contributed by atoms with Gasteiger partial charge in [0, 0.05) is 29.9 Å². The van der Waals surface area contributed by atoms with E-state index < -0.39 is 0 Å². The third kappa shape index (κ3) is 1.69. The Hall–Kier alpha value is -1.51. The molecule has 0 aromatic heterocycles. The molecule has 3 heteroatoms. The van der Waals surface area contributed by atoms with Crippen LogP contribution in [0.3, 0.4) is 0 Å². The Balaban J connectivity index is 2.00. The standard InChI is InChI=1S/C15H21N3/c1-10(2)14-8-7-11-9-17-13-6-4-3-5-12(13)15(16)18(11)14/h3-6,10-11,14,16-17H,7-9H2,1-2H3/t11-,14+/m0/s1. The third-order valence-electron chi connectivity index (χ3n) is 4.28. The summed E-state index contributed by atoms with van der Waals surface area (Å²) in [7, 11) is 0. The van der Waals surface area contributed by atoms with Crippen molar-refractivity contribution in [3.63, 3.8) is 0 Å². The molecule has 0 unspecified atom stereocenters. The van der Waals surface area contributed by atoms with E-state index in [-0.39, 0.29) is 0 Å². The van der Waals surface area contributed by atoms with Crippen molar-refractivity contribution in [1.29, 1.82) is 5.41 Å². The number of rotatable bonds is 1. The summed E-state index contributed by atoms with van der Waals surface area (Å²) >= 11 is 0. The number of fused-ring (bicyclic) bond motifs is 2. The number of hydrogen-bond donors (Lipinski definition) is 2. The molecule has 2 N–H and O–H groups in total. The van der Waals surface area contributed by atoms with Crippen LogP contribution >= 0.6 is 0 Å². The minimum absolute atomic E-state index is 0.484. The van der Waals surface area contributed by atoms with Crippen molar-refractivity contribution in [2.45, 2.75) is 38.8 Å². The predicted octanol–water partition coefficient (Wildman–Crippen LogP) is 2.93. The second kappa shape index (κ2) is 4.30. The van der Waals surface area contributed by atoms with Gasteiger partial charge in [0.15, 0.2) is 0 Å². The van der Waals surface area contributed by atoms with E-state index in [1.165, 1.54) is 12.8 Å². The zero-order valence-corrected chi connectivity index (χ0v) is 11.1. The molecule has 2 heterocycles. The van der Waals surface area contributed by atoms with Crippen LogP contribution in [0.25, 0.3) is 0 Å². The first-order valence-corrected chi connectivity index (χ1v) is 6.88. The highest BCUT2D eigenvalue weighted by atomic mass is 15.3. The van der Waals surface area contributed by atoms with Crippen molar-refractivity contribution in [3.05, 3.63) is 29.8 Å². The van der Waals surface area contributed by atoms with Crippen molar-refractivity contribution >= 4 is 11.5 Å². The summed E-state index contributed by atoms with van der Waals surface area (Å²) in [6, 6.07) is 9.21. The van der Waals surface area contributed by atoms with Crippen molar-refractivity contribution in [3.8, 4) is 0 Å². The fourth-order valence-corrected chi connectivity index (χ4v) is 3.33. The maximum Gasteiger partial charge on any atom is 0.130 e. The number of nitrogens with one attached hydrogen (secondary N) is 2. The average molecular weight is 243 g/mol. The van der Waals surface area contributed by atoms with Gasteiger partial charge in [-0.15, -0.1) is 0 Å². The van der Waals surface area contributed by atoms with Crippen LogP contribution in [0.15, 0.2) is 24.3 Å². The molecule has 2 aliphatic rings. The summed E-state index contributed by atoms with van der Waals surface area (Å²) in [4.78, 5) is 2.35. The maximum atomic E-state index is 8.55. The van der Waals surface area contributed by atoms with Crippen LogP contribution in [-0.4, -0.2) is 29.4 Å². The topological polar surface area (TPSA) is 39.1 Å². The fourth-order valence-electron chi connectivity index (χ4n) is 3.33. The number of anilines is 1. The average Bonchev–Trinajstić information content (AvgIpc) is 2.74. The highest BCUT2D eigenvalue weighted by molar-refractivity contribution is 6.02. The highest BCUT2D eigenvalue weighted by Gasteiger charge is 2.38. The van der Waals surface area contributed by atoms with Gasteiger partial charge in [-0.1, -0.05) is 26.0 Å². The quantitative estimate of drug-likeness (QED) is 0.796. The van der Waals surface area contributed by atoms with Gasteiger partial charge in [0.2, 0.25) is 0 Å². The molecule has 1 aromatic rings. The second-order valence-electron chi connectivity index (χ2n) is 5.72. The van der Waals surface area contributed by atoms with Crippen LogP contribution in [-0.2, 0) is 0 Å². The van der Waals surface area contributed by atoms with E-state index in [2.05, 4.69) is 36.2 Å². The number of para-hydroxylation sites is 1. The summed E-state index contributed by atoms with van der Waals surface area (Å²) in [5.41, 5.74) is 2.16. The van der Waals surface area contributed by atoms with Crippen molar-refractivity contribution < 1.29 is 0 Å². The largest absolute Gasteiger partial charge is 0.382 e. The smallest absolute Gasteiger partial charge is 0.130 e. The Labute approximate surface area is 109 Å². The van der Waals surface area contributed by atoms with Crippen LogP contribution in [0.4, 0.5) is 5.69 Å². The highest BCUT2D eigenvalue weighted by Crippen LogP contribution is 2.34. The van der Waals surface area contributed by atoms with Gasteiger partial charge >= 0.3 is 0 Å². The zero-order chi connectivity index (χ0) is 12.7. The molecule has 0 spiro atoms. The predicted molar refractivity (Wildman–Crippen MR) is 75.2 cm³/mol. The number of hydrogen-bond acceptors (Lipinski definition) is 2. The van der Waals surface area contributed by atoms with Gasteiger partial charge in [0.05, 0.1) is 0 Å². The minimum atomic E-state index is 0.484. The molecule has 1 saturated heterocycles. The number of benzene rings is 1. The Morgan fingerprint density at radius 2 is 2.06 bits per heavy atom. The summed E-state index contributed by atoms with van der Waals surface area (Å²) in [6.45, 7) is 5.50. The maximum absolute atomic E-state index is 8.55. The lowest BCUT2D eigenvalue weighted by molar-refractivity contribution is 0.266. The summed E-state index contributed by atoms with van der Waals surface area (Å²) in [5, 5.41) is 12.1. The van der Waals surface area contributed by atoms with E-state index in [1.807, 2.05) is 12.1 Å². The molecule has 0 saturated carbocycles. The number of amidine groups is 1.